The van der Waals surface area contributed by atoms with Crippen LogP contribution in [-0.4, -0.2) is 13.6 Å². The van der Waals surface area contributed by atoms with E-state index < -0.39 is 0 Å². The van der Waals surface area contributed by atoms with Crippen molar-refractivity contribution in [2.75, 3.05) is 13.6 Å². The topological polar surface area (TPSA) is 12.0 Å². The van der Waals surface area contributed by atoms with E-state index in [9.17, 15) is 0 Å². The van der Waals surface area contributed by atoms with Gasteiger partial charge in [-0.05, 0) is 61.4 Å². The molecule has 2 aliphatic rings. The summed E-state index contributed by atoms with van der Waals surface area (Å²) in [5, 5.41) is 5.62. The molecule has 15 heavy (non-hydrogen) atoms. The SMILES string of the molecule is CNCC1(Cc2cccs2)CC2CC2C1. The minimum absolute atomic E-state index is 0.590. The summed E-state index contributed by atoms with van der Waals surface area (Å²) in [7, 11) is 2.10. The summed E-state index contributed by atoms with van der Waals surface area (Å²) in [5.41, 5.74) is 0.590. The Labute approximate surface area is 95.9 Å². The van der Waals surface area contributed by atoms with Crippen molar-refractivity contribution in [3.05, 3.63) is 22.4 Å². The molecule has 2 saturated carbocycles. The van der Waals surface area contributed by atoms with Gasteiger partial charge in [0.25, 0.3) is 0 Å². The molecule has 2 unspecified atom stereocenters. The van der Waals surface area contributed by atoms with Crippen LogP contribution in [0.2, 0.25) is 0 Å². The first-order valence-corrected chi connectivity index (χ1v) is 6.86. The normalized spacial score (nSPS) is 37.9. The van der Waals surface area contributed by atoms with Crippen molar-refractivity contribution in [2.24, 2.45) is 17.3 Å². The monoisotopic (exact) mass is 221 g/mol. The number of hydrogen-bond donors (Lipinski definition) is 1. The van der Waals surface area contributed by atoms with Crippen LogP contribution in [0.1, 0.15) is 24.1 Å². The highest BCUT2D eigenvalue weighted by atomic mass is 32.1. The third-order valence-electron chi connectivity index (χ3n) is 4.14. The van der Waals surface area contributed by atoms with Crippen LogP contribution >= 0.6 is 11.3 Å². The molecule has 1 N–H and O–H groups in total. The predicted octanol–water partition coefficient (Wildman–Crippen LogP) is 2.93. The first-order chi connectivity index (χ1) is 7.31. The van der Waals surface area contributed by atoms with Gasteiger partial charge in [-0.1, -0.05) is 6.07 Å². The van der Waals surface area contributed by atoms with Crippen LogP contribution in [0.3, 0.4) is 0 Å². The zero-order valence-corrected chi connectivity index (χ0v) is 10.1. The molecule has 1 heterocycles. The fourth-order valence-electron chi connectivity index (χ4n) is 3.51. The molecule has 2 aliphatic carbocycles. The standard InChI is InChI=1S/C13H19NS/c1-14-9-13(6-10-5-11(10)7-13)8-12-3-2-4-15-12/h2-4,10-11,14H,5-9H2,1H3. The van der Waals surface area contributed by atoms with Gasteiger partial charge in [0.05, 0.1) is 0 Å². The van der Waals surface area contributed by atoms with E-state index in [0.717, 1.165) is 11.8 Å². The molecule has 0 bridgehead atoms. The van der Waals surface area contributed by atoms with E-state index in [1.165, 1.54) is 32.2 Å². The second-order valence-electron chi connectivity index (χ2n) is 5.45. The minimum atomic E-state index is 0.590. The van der Waals surface area contributed by atoms with E-state index in [1.54, 1.807) is 4.88 Å². The van der Waals surface area contributed by atoms with Crippen LogP contribution in [0.5, 0.6) is 0 Å². The first kappa shape index (κ1) is 9.86. The molecule has 2 fully saturated rings. The Balaban J connectivity index is 1.73. The molecule has 2 heteroatoms. The maximum absolute atomic E-state index is 3.41. The lowest BCUT2D eigenvalue weighted by molar-refractivity contribution is 0.257. The number of nitrogens with one attached hydrogen (secondary N) is 1. The van der Waals surface area contributed by atoms with Crippen molar-refractivity contribution in [3.63, 3.8) is 0 Å². The van der Waals surface area contributed by atoms with Crippen molar-refractivity contribution in [1.82, 2.24) is 5.32 Å². The summed E-state index contributed by atoms with van der Waals surface area (Å²) in [5.74, 6) is 2.16. The number of thiophene rings is 1. The molecule has 0 radical (unpaired) electrons. The predicted molar refractivity (Wildman–Crippen MR) is 65.2 cm³/mol. The van der Waals surface area contributed by atoms with Crippen molar-refractivity contribution in [1.29, 1.82) is 0 Å². The van der Waals surface area contributed by atoms with Crippen LogP contribution in [0.4, 0.5) is 0 Å². The largest absolute Gasteiger partial charge is 0.319 e. The molecule has 0 saturated heterocycles. The lowest BCUT2D eigenvalue weighted by atomic mass is 9.79. The van der Waals surface area contributed by atoms with E-state index in [-0.39, 0.29) is 0 Å². The first-order valence-electron chi connectivity index (χ1n) is 5.98. The third kappa shape index (κ3) is 1.85. The van der Waals surface area contributed by atoms with E-state index in [2.05, 4.69) is 29.9 Å². The Morgan fingerprint density at radius 1 is 1.47 bits per heavy atom. The van der Waals surface area contributed by atoms with E-state index >= 15 is 0 Å². The van der Waals surface area contributed by atoms with Crippen molar-refractivity contribution < 1.29 is 0 Å². The highest BCUT2D eigenvalue weighted by Crippen LogP contribution is 2.60. The third-order valence-corrected chi connectivity index (χ3v) is 5.02. The average Bonchev–Trinajstić information content (AvgIpc) is 2.67. The minimum Gasteiger partial charge on any atom is -0.319 e. The Hall–Kier alpha value is -0.340. The highest BCUT2D eigenvalue weighted by molar-refractivity contribution is 7.09. The smallest absolute Gasteiger partial charge is 0.00512 e. The molecule has 1 nitrogen and oxygen atoms in total. The van der Waals surface area contributed by atoms with Gasteiger partial charge in [0, 0.05) is 11.4 Å². The number of hydrogen-bond acceptors (Lipinski definition) is 2. The van der Waals surface area contributed by atoms with Crippen LogP contribution in [0.25, 0.3) is 0 Å². The fourth-order valence-corrected chi connectivity index (χ4v) is 4.39. The quantitative estimate of drug-likeness (QED) is 0.824. The van der Waals surface area contributed by atoms with Gasteiger partial charge in [0.2, 0.25) is 0 Å². The summed E-state index contributed by atoms with van der Waals surface area (Å²) in [4.78, 5) is 1.58. The highest BCUT2D eigenvalue weighted by Gasteiger charge is 2.53. The molecule has 1 aromatic heterocycles. The maximum atomic E-state index is 3.41. The molecular weight excluding hydrogens is 202 g/mol. The zero-order valence-electron chi connectivity index (χ0n) is 9.33. The van der Waals surface area contributed by atoms with Crippen LogP contribution in [0.15, 0.2) is 17.5 Å². The second kappa shape index (κ2) is 3.60. The van der Waals surface area contributed by atoms with Gasteiger partial charge in [-0.15, -0.1) is 11.3 Å². The second-order valence-corrected chi connectivity index (χ2v) is 6.48. The Morgan fingerprint density at radius 2 is 2.27 bits per heavy atom. The summed E-state index contributed by atoms with van der Waals surface area (Å²) in [6, 6.07) is 4.48. The zero-order chi connectivity index (χ0) is 10.3. The molecule has 82 valence electrons. The van der Waals surface area contributed by atoms with Crippen molar-refractivity contribution in [2.45, 2.75) is 25.7 Å². The van der Waals surface area contributed by atoms with E-state index in [0.29, 0.717) is 5.41 Å². The summed E-state index contributed by atoms with van der Waals surface area (Å²) >= 11 is 1.92. The van der Waals surface area contributed by atoms with E-state index in [4.69, 9.17) is 0 Å². The van der Waals surface area contributed by atoms with Gasteiger partial charge in [-0.3, -0.25) is 0 Å². The maximum Gasteiger partial charge on any atom is 0.00512 e. The molecule has 3 rings (SSSR count). The Bertz CT molecular complexity index is 320. The van der Waals surface area contributed by atoms with E-state index in [1.807, 2.05) is 11.3 Å². The average molecular weight is 221 g/mol. The summed E-state index contributed by atoms with van der Waals surface area (Å²) in [6.45, 7) is 1.21. The van der Waals surface area contributed by atoms with Gasteiger partial charge in [-0.2, -0.15) is 0 Å². The number of rotatable bonds is 4. The molecule has 0 spiro atoms. The van der Waals surface area contributed by atoms with Crippen LogP contribution in [0, 0.1) is 17.3 Å². The molecule has 0 aliphatic heterocycles. The van der Waals surface area contributed by atoms with Gasteiger partial charge < -0.3 is 5.32 Å². The van der Waals surface area contributed by atoms with Crippen molar-refractivity contribution >= 4 is 11.3 Å². The Kier molecular flexibility index (Phi) is 2.37. The van der Waals surface area contributed by atoms with Gasteiger partial charge in [-0.25, -0.2) is 0 Å². The van der Waals surface area contributed by atoms with Crippen LogP contribution < -0.4 is 5.32 Å². The summed E-state index contributed by atoms with van der Waals surface area (Å²) in [6.07, 6.45) is 5.77. The molecule has 0 aromatic carbocycles. The molecular formula is C13H19NS. The van der Waals surface area contributed by atoms with Gasteiger partial charge >= 0.3 is 0 Å². The summed E-state index contributed by atoms with van der Waals surface area (Å²) < 4.78 is 0. The lowest BCUT2D eigenvalue weighted by Gasteiger charge is -2.30. The van der Waals surface area contributed by atoms with Crippen molar-refractivity contribution in [3.8, 4) is 0 Å². The lowest BCUT2D eigenvalue weighted by Crippen LogP contribution is -2.33. The fraction of sp³-hybridized carbons (Fsp3) is 0.692. The number of fused-ring (bicyclic) bond motifs is 1. The van der Waals surface area contributed by atoms with Gasteiger partial charge in [0.15, 0.2) is 0 Å². The molecule has 0 amide bonds. The Morgan fingerprint density at radius 3 is 2.87 bits per heavy atom. The van der Waals surface area contributed by atoms with Crippen LogP contribution in [-0.2, 0) is 6.42 Å². The van der Waals surface area contributed by atoms with Gasteiger partial charge in [0.1, 0.15) is 0 Å². The molecule has 1 aromatic rings. The molecule has 2 atom stereocenters.